The van der Waals surface area contributed by atoms with Gasteiger partial charge in [-0.25, -0.2) is 4.98 Å². The SMILES string of the molecule is Cc1nc(C(C)(C)C)sc1C1CC(N)C1. The van der Waals surface area contributed by atoms with Gasteiger partial charge in [-0.05, 0) is 25.7 Å². The summed E-state index contributed by atoms with van der Waals surface area (Å²) >= 11 is 1.89. The molecule has 15 heavy (non-hydrogen) atoms. The van der Waals surface area contributed by atoms with Gasteiger partial charge in [0.15, 0.2) is 0 Å². The Morgan fingerprint density at radius 3 is 2.33 bits per heavy atom. The highest BCUT2D eigenvalue weighted by Gasteiger charge is 2.31. The second-order valence-corrected chi connectivity index (χ2v) is 6.68. The Kier molecular flexibility index (Phi) is 2.63. The van der Waals surface area contributed by atoms with Gasteiger partial charge in [-0.2, -0.15) is 0 Å². The van der Waals surface area contributed by atoms with Crippen LogP contribution in [0.25, 0.3) is 0 Å². The molecule has 2 N–H and O–H groups in total. The molecule has 3 heteroatoms. The third-order valence-electron chi connectivity index (χ3n) is 3.02. The molecule has 0 atom stereocenters. The van der Waals surface area contributed by atoms with Crippen molar-refractivity contribution in [2.24, 2.45) is 5.73 Å². The normalized spacial score (nSPS) is 26.5. The van der Waals surface area contributed by atoms with Gasteiger partial charge in [0.05, 0.1) is 10.7 Å². The number of nitrogens with zero attached hydrogens (tertiary/aromatic N) is 1. The standard InChI is InChI=1S/C12H20N2S/c1-7-10(8-5-9(13)6-8)15-11(14-7)12(2,3)4/h8-9H,5-6,13H2,1-4H3. The summed E-state index contributed by atoms with van der Waals surface area (Å²) in [5.74, 6) is 0.689. The average molecular weight is 224 g/mol. The number of rotatable bonds is 1. The Hall–Kier alpha value is -0.410. The molecule has 0 amide bonds. The predicted molar refractivity (Wildman–Crippen MR) is 65.5 cm³/mol. The van der Waals surface area contributed by atoms with Gasteiger partial charge in [0.1, 0.15) is 0 Å². The molecular weight excluding hydrogens is 204 g/mol. The van der Waals surface area contributed by atoms with Crippen LogP contribution in [0, 0.1) is 6.92 Å². The van der Waals surface area contributed by atoms with Crippen molar-refractivity contribution in [1.82, 2.24) is 4.98 Å². The monoisotopic (exact) mass is 224 g/mol. The highest BCUT2D eigenvalue weighted by Crippen LogP contribution is 2.42. The van der Waals surface area contributed by atoms with Gasteiger partial charge in [0.25, 0.3) is 0 Å². The summed E-state index contributed by atoms with van der Waals surface area (Å²) in [5, 5.41) is 1.26. The fourth-order valence-electron chi connectivity index (χ4n) is 1.98. The highest BCUT2D eigenvalue weighted by molar-refractivity contribution is 7.12. The molecule has 0 bridgehead atoms. The first kappa shape index (κ1) is 11.1. The van der Waals surface area contributed by atoms with Crippen molar-refractivity contribution in [1.29, 1.82) is 0 Å². The zero-order valence-electron chi connectivity index (χ0n) is 10.0. The van der Waals surface area contributed by atoms with Crippen LogP contribution in [0.4, 0.5) is 0 Å². The van der Waals surface area contributed by atoms with Gasteiger partial charge < -0.3 is 5.73 Å². The van der Waals surface area contributed by atoms with Crippen LogP contribution >= 0.6 is 11.3 Å². The molecule has 1 heterocycles. The van der Waals surface area contributed by atoms with Crippen molar-refractivity contribution in [3.63, 3.8) is 0 Å². The summed E-state index contributed by atoms with van der Waals surface area (Å²) in [4.78, 5) is 6.16. The molecule has 0 spiro atoms. The molecular formula is C12H20N2S. The third-order valence-corrected chi connectivity index (χ3v) is 4.77. The van der Waals surface area contributed by atoms with Gasteiger partial charge in [-0.1, -0.05) is 20.8 Å². The van der Waals surface area contributed by atoms with E-state index >= 15 is 0 Å². The Bertz CT molecular complexity index is 356. The van der Waals surface area contributed by atoms with Crippen molar-refractivity contribution in [3.05, 3.63) is 15.6 Å². The lowest BCUT2D eigenvalue weighted by Gasteiger charge is -2.31. The van der Waals surface area contributed by atoms with E-state index in [0.29, 0.717) is 12.0 Å². The summed E-state index contributed by atoms with van der Waals surface area (Å²) in [6.07, 6.45) is 2.29. The van der Waals surface area contributed by atoms with Crippen LogP contribution in [0.15, 0.2) is 0 Å². The quantitative estimate of drug-likeness (QED) is 0.796. The third kappa shape index (κ3) is 2.08. The van der Waals surface area contributed by atoms with Gasteiger partial charge in [-0.15, -0.1) is 11.3 Å². The minimum Gasteiger partial charge on any atom is -0.328 e. The molecule has 1 saturated carbocycles. The fourth-order valence-corrected chi connectivity index (χ4v) is 3.23. The van der Waals surface area contributed by atoms with Crippen molar-refractivity contribution < 1.29 is 0 Å². The summed E-state index contributed by atoms with van der Waals surface area (Å²) in [6, 6.07) is 0.426. The van der Waals surface area contributed by atoms with E-state index in [9.17, 15) is 0 Å². The van der Waals surface area contributed by atoms with Crippen LogP contribution < -0.4 is 5.73 Å². The van der Waals surface area contributed by atoms with Crippen LogP contribution in [-0.4, -0.2) is 11.0 Å². The number of hydrogen-bond acceptors (Lipinski definition) is 3. The number of thiazole rings is 1. The van der Waals surface area contributed by atoms with Crippen molar-refractivity contribution >= 4 is 11.3 Å². The lowest BCUT2D eigenvalue weighted by atomic mass is 9.79. The molecule has 1 aromatic heterocycles. The highest BCUT2D eigenvalue weighted by atomic mass is 32.1. The summed E-state index contributed by atoms with van der Waals surface area (Å²) in [5.41, 5.74) is 7.24. The Balaban J connectivity index is 2.23. The van der Waals surface area contributed by atoms with E-state index in [1.54, 1.807) is 0 Å². The zero-order chi connectivity index (χ0) is 11.2. The van der Waals surface area contributed by atoms with E-state index in [2.05, 4.69) is 32.7 Å². The molecule has 0 unspecified atom stereocenters. The second kappa shape index (κ2) is 3.56. The Morgan fingerprint density at radius 2 is 1.93 bits per heavy atom. The number of aryl methyl sites for hydroxylation is 1. The molecule has 2 rings (SSSR count). The topological polar surface area (TPSA) is 38.9 Å². The first-order valence-corrected chi connectivity index (χ1v) is 6.43. The maximum atomic E-state index is 5.83. The molecule has 0 aromatic carbocycles. The van der Waals surface area contributed by atoms with Gasteiger partial charge in [0.2, 0.25) is 0 Å². The number of hydrogen-bond donors (Lipinski definition) is 1. The molecule has 84 valence electrons. The molecule has 2 nitrogen and oxygen atoms in total. The number of nitrogens with two attached hydrogens (primary N) is 1. The Morgan fingerprint density at radius 1 is 1.33 bits per heavy atom. The van der Waals surface area contributed by atoms with E-state index < -0.39 is 0 Å². The minimum absolute atomic E-state index is 0.180. The maximum absolute atomic E-state index is 5.83. The van der Waals surface area contributed by atoms with Gasteiger partial charge >= 0.3 is 0 Å². The summed E-state index contributed by atoms with van der Waals surface area (Å²) in [6.45, 7) is 8.80. The molecule has 0 radical (unpaired) electrons. The van der Waals surface area contributed by atoms with Crippen LogP contribution in [-0.2, 0) is 5.41 Å². The van der Waals surface area contributed by atoms with Crippen molar-refractivity contribution in [3.8, 4) is 0 Å². The zero-order valence-corrected chi connectivity index (χ0v) is 10.8. The first-order chi connectivity index (χ1) is 6.88. The summed E-state index contributed by atoms with van der Waals surface area (Å²) in [7, 11) is 0. The summed E-state index contributed by atoms with van der Waals surface area (Å²) < 4.78 is 0. The van der Waals surface area contributed by atoms with Crippen LogP contribution in [0.1, 0.15) is 55.1 Å². The lowest BCUT2D eigenvalue weighted by Crippen LogP contribution is -2.34. The molecule has 0 saturated heterocycles. The van der Waals surface area contributed by atoms with E-state index in [1.807, 2.05) is 11.3 Å². The molecule has 1 aliphatic rings. The van der Waals surface area contributed by atoms with Crippen LogP contribution in [0.5, 0.6) is 0 Å². The van der Waals surface area contributed by atoms with Gasteiger partial charge in [0, 0.05) is 16.3 Å². The van der Waals surface area contributed by atoms with E-state index in [0.717, 1.165) is 12.8 Å². The second-order valence-electron chi connectivity index (χ2n) is 5.65. The first-order valence-electron chi connectivity index (χ1n) is 5.61. The largest absolute Gasteiger partial charge is 0.328 e. The van der Waals surface area contributed by atoms with Crippen molar-refractivity contribution in [2.45, 2.75) is 57.9 Å². The van der Waals surface area contributed by atoms with E-state index in [-0.39, 0.29) is 5.41 Å². The smallest absolute Gasteiger partial charge is 0.0984 e. The number of aromatic nitrogens is 1. The predicted octanol–water partition coefficient (Wildman–Crippen LogP) is 2.95. The van der Waals surface area contributed by atoms with Crippen molar-refractivity contribution in [2.75, 3.05) is 0 Å². The molecule has 1 aliphatic carbocycles. The van der Waals surface area contributed by atoms with Gasteiger partial charge in [-0.3, -0.25) is 0 Å². The Labute approximate surface area is 95.9 Å². The molecule has 1 fully saturated rings. The van der Waals surface area contributed by atoms with E-state index in [4.69, 9.17) is 5.73 Å². The molecule has 1 aromatic rings. The lowest BCUT2D eigenvalue weighted by molar-refractivity contribution is 0.354. The van der Waals surface area contributed by atoms with E-state index in [1.165, 1.54) is 15.6 Å². The maximum Gasteiger partial charge on any atom is 0.0984 e. The van der Waals surface area contributed by atoms with Crippen LogP contribution in [0.2, 0.25) is 0 Å². The average Bonchev–Trinajstić information content (AvgIpc) is 2.41. The van der Waals surface area contributed by atoms with Crippen LogP contribution in [0.3, 0.4) is 0 Å². The fraction of sp³-hybridized carbons (Fsp3) is 0.750. The minimum atomic E-state index is 0.180. The molecule has 0 aliphatic heterocycles.